The lowest BCUT2D eigenvalue weighted by atomic mass is 9.78. The van der Waals surface area contributed by atoms with Crippen LogP contribution in [0.15, 0.2) is 180 Å². The van der Waals surface area contributed by atoms with Crippen LogP contribution in [0.1, 0.15) is 47.6 Å². The fourth-order valence-corrected chi connectivity index (χ4v) is 8.63. The van der Waals surface area contributed by atoms with Gasteiger partial charge in [0.15, 0.2) is 0 Å². The highest BCUT2D eigenvalue weighted by Gasteiger charge is 2.36. The van der Waals surface area contributed by atoms with Crippen LogP contribution in [0.4, 0.5) is 0 Å². The summed E-state index contributed by atoms with van der Waals surface area (Å²) in [6.45, 7) is 4.73. The molecule has 9 aromatic rings. The van der Waals surface area contributed by atoms with Crippen molar-refractivity contribution >= 4 is 32.7 Å². The molecule has 0 saturated heterocycles. The van der Waals surface area contributed by atoms with Gasteiger partial charge >= 0.3 is 0 Å². The Bertz CT molecular complexity index is 2750. The molecule has 0 spiro atoms. The summed E-state index contributed by atoms with van der Waals surface area (Å²) >= 11 is 0. The molecule has 1 aliphatic rings. The molecule has 1 aliphatic carbocycles. The Balaban J connectivity index is 1.11. The van der Waals surface area contributed by atoms with Gasteiger partial charge in [-0.15, -0.1) is 0 Å². The molecule has 0 fully saturated rings. The molecule has 10 rings (SSSR count). The molecule has 0 saturated carbocycles. The first-order chi connectivity index (χ1) is 25.0. The van der Waals surface area contributed by atoms with Crippen molar-refractivity contribution in [2.45, 2.75) is 25.2 Å². The van der Waals surface area contributed by atoms with Gasteiger partial charge in [-0.2, -0.15) is 0 Å². The highest BCUT2D eigenvalue weighted by Crippen LogP contribution is 2.50. The molecule has 0 radical (unpaired) electrons. The van der Waals surface area contributed by atoms with E-state index in [1.807, 2.05) is 6.07 Å². The molecule has 1 nitrogen and oxygen atoms in total. The van der Waals surface area contributed by atoms with E-state index < -0.39 is 0 Å². The van der Waals surface area contributed by atoms with Gasteiger partial charge in [-0.1, -0.05) is 178 Å². The number of hydrogen-bond donors (Lipinski definition) is 0. The van der Waals surface area contributed by atoms with Crippen molar-refractivity contribution in [3.05, 3.63) is 204 Å². The number of furan rings is 1. The minimum Gasteiger partial charge on any atom is -0.455 e. The first-order valence-electron chi connectivity index (χ1n) is 17.9. The summed E-state index contributed by atoms with van der Waals surface area (Å²) in [5, 5.41) is 4.65. The zero-order chi connectivity index (χ0) is 34.1. The second-order valence-electron chi connectivity index (χ2n) is 14.5. The third-order valence-electron chi connectivity index (χ3n) is 11.2. The van der Waals surface area contributed by atoms with Crippen molar-refractivity contribution in [1.82, 2.24) is 0 Å². The molecule has 0 N–H and O–H groups in total. The van der Waals surface area contributed by atoms with Crippen LogP contribution in [0.25, 0.3) is 66.1 Å². The Labute approximate surface area is 298 Å². The summed E-state index contributed by atoms with van der Waals surface area (Å²) in [6, 6.07) is 64.4. The average molecular weight is 653 g/mol. The van der Waals surface area contributed by atoms with Crippen LogP contribution in [0.5, 0.6) is 0 Å². The normalized spacial score (nSPS) is 13.8. The van der Waals surface area contributed by atoms with Crippen molar-refractivity contribution in [2.75, 3.05) is 0 Å². The van der Waals surface area contributed by atoms with Gasteiger partial charge in [0.25, 0.3) is 0 Å². The molecule has 51 heavy (non-hydrogen) atoms. The van der Waals surface area contributed by atoms with Crippen LogP contribution in [0.3, 0.4) is 0 Å². The monoisotopic (exact) mass is 652 g/mol. The van der Waals surface area contributed by atoms with E-state index in [4.69, 9.17) is 4.42 Å². The third-order valence-corrected chi connectivity index (χ3v) is 11.2. The van der Waals surface area contributed by atoms with Crippen LogP contribution < -0.4 is 0 Å². The van der Waals surface area contributed by atoms with Crippen LogP contribution in [0.2, 0.25) is 0 Å². The van der Waals surface area contributed by atoms with E-state index in [9.17, 15) is 0 Å². The van der Waals surface area contributed by atoms with Gasteiger partial charge < -0.3 is 4.42 Å². The fraction of sp³-hybridized carbons (Fsp3) is 0.0800. The Hall–Kier alpha value is -6.18. The van der Waals surface area contributed by atoms with Gasteiger partial charge in [-0.05, 0) is 78.7 Å². The van der Waals surface area contributed by atoms with E-state index in [0.717, 1.165) is 27.3 Å². The van der Waals surface area contributed by atoms with E-state index in [1.165, 1.54) is 66.6 Å². The SMILES string of the molecule is CC1(C)c2ccccc2-c2ccc(C(c3ccc(-c4ccccc4)cc3)c3ccc(-c4cccc5ccc6c7ccccc7oc6c45)cc3)cc21. The minimum absolute atomic E-state index is 0.0656. The maximum Gasteiger partial charge on any atom is 0.143 e. The highest BCUT2D eigenvalue weighted by atomic mass is 16.3. The predicted octanol–water partition coefficient (Wildman–Crippen LogP) is 13.6. The van der Waals surface area contributed by atoms with E-state index in [0.29, 0.717) is 0 Å². The third kappa shape index (κ3) is 4.69. The van der Waals surface area contributed by atoms with E-state index >= 15 is 0 Å². The lowest BCUT2D eigenvalue weighted by Gasteiger charge is -2.25. The second kappa shape index (κ2) is 11.4. The Morgan fingerprint density at radius 3 is 1.86 bits per heavy atom. The van der Waals surface area contributed by atoms with Crippen LogP contribution in [0, 0.1) is 0 Å². The molecule has 1 aromatic heterocycles. The maximum atomic E-state index is 6.52. The summed E-state index contributed by atoms with van der Waals surface area (Å²) in [5.74, 6) is 0.0725. The first kappa shape index (κ1) is 29.7. The maximum absolute atomic E-state index is 6.52. The summed E-state index contributed by atoms with van der Waals surface area (Å²) < 4.78 is 6.52. The Morgan fingerprint density at radius 1 is 0.431 bits per heavy atom. The molecule has 0 bridgehead atoms. The summed E-state index contributed by atoms with van der Waals surface area (Å²) in [5.41, 5.74) is 16.0. The molecule has 1 unspecified atom stereocenters. The molecule has 242 valence electrons. The lowest BCUT2D eigenvalue weighted by molar-refractivity contribution is 0.659. The first-order valence-corrected chi connectivity index (χ1v) is 17.9. The van der Waals surface area contributed by atoms with Gasteiger partial charge in [-0.25, -0.2) is 0 Å². The van der Waals surface area contributed by atoms with Gasteiger partial charge in [0.2, 0.25) is 0 Å². The van der Waals surface area contributed by atoms with Gasteiger partial charge in [0.05, 0.1) is 0 Å². The molecule has 1 heterocycles. The number of rotatable bonds is 5. The second-order valence-corrected chi connectivity index (χ2v) is 14.5. The van der Waals surface area contributed by atoms with Crippen LogP contribution in [-0.2, 0) is 5.41 Å². The van der Waals surface area contributed by atoms with Crippen LogP contribution >= 0.6 is 0 Å². The van der Waals surface area contributed by atoms with Crippen LogP contribution in [-0.4, -0.2) is 0 Å². The summed E-state index contributed by atoms with van der Waals surface area (Å²) in [4.78, 5) is 0. The summed E-state index contributed by atoms with van der Waals surface area (Å²) in [6.07, 6.45) is 0. The van der Waals surface area contributed by atoms with Gasteiger partial charge in [-0.3, -0.25) is 0 Å². The molecule has 1 atom stereocenters. The Morgan fingerprint density at radius 2 is 1.06 bits per heavy atom. The summed E-state index contributed by atoms with van der Waals surface area (Å²) in [7, 11) is 0. The Kier molecular flexibility index (Phi) is 6.66. The number of para-hydroxylation sites is 1. The smallest absolute Gasteiger partial charge is 0.143 e. The quantitative estimate of drug-likeness (QED) is 0.169. The van der Waals surface area contributed by atoms with Crippen molar-refractivity contribution in [2.24, 2.45) is 0 Å². The molecule has 8 aromatic carbocycles. The molecular weight excluding hydrogens is 617 g/mol. The van der Waals surface area contributed by atoms with Crippen molar-refractivity contribution in [3.63, 3.8) is 0 Å². The van der Waals surface area contributed by atoms with E-state index in [1.54, 1.807) is 0 Å². The van der Waals surface area contributed by atoms with Gasteiger partial charge in [0, 0.05) is 27.5 Å². The highest BCUT2D eigenvalue weighted by molar-refractivity contribution is 6.18. The molecule has 0 amide bonds. The van der Waals surface area contributed by atoms with E-state index in [-0.39, 0.29) is 11.3 Å². The zero-order valence-corrected chi connectivity index (χ0v) is 28.7. The van der Waals surface area contributed by atoms with Gasteiger partial charge in [0.1, 0.15) is 11.2 Å². The molecular formula is C50H36O. The largest absolute Gasteiger partial charge is 0.455 e. The van der Waals surface area contributed by atoms with Crippen molar-refractivity contribution in [1.29, 1.82) is 0 Å². The topological polar surface area (TPSA) is 13.1 Å². The standard InChI is InChI=1S/C50H36O/c1-50(2)44-17-8-6-14-40(44)41-29-28-38(31-45(41)50)47(36-23-19-33(20-24-36)32-11-4-3-5-12-32)37-25-21-34(22-26-37)39-16-10-13-35-27-30-43-42-15-7-9-18-46(42)51-49(43)48(35)39/h3-31,47H,1-2H3. The number of fused-ring (bicyclic) bond motifs is 8. The van der Waals surface area contributed by atoms with Crippen molar-refractivity contribution in [3.8, 4) is 33.4 Å². The molecule has 0 aliphatic heterocycles. The number of benzene rings is 8. The fourth-order valence-electron chi connectivity index (χ4n) is 8.63. The average Bonchev–Trinajstić information content (AvgIpc) is 3.68. The minimum atomic E-state index is -0.0656. The lowest BCUT2D eigenvalue weighted by Crippen LogP contribution is -2.15. The molecule has 1 heteroatoms. The zero-order valence-electron chi connectivity index (χ0n) is 28.7. The predicted molar refractivity (Wildman–Crippen MR) is 213 cm³/mol. The van der Waals surface area contributed by atoms with Crippen molar-refractivity contribution < 1.29 is 4.42 Å². The number of hydrogen-bond acceptors (Lipinski definition) is 1. The van der Waals surface area contributed by atoms with E-state index in [2.05, 4.69) is 184 Å².